The Hall–Kier alpha value is -2.73. The molecule has 0 unspecified atom stereocenters. The van der Waals surface area contributed by atoms with Crippen LogP contribution in [0.1, 0.15) is 21.7 Å². The first-order valence-electron chi connectivity index (χ1n) is 7.02. The second-order valence-electron chi connectivity index (χ2n) is 4.96. The van der Waals surface area contributed by atoms with Crippen LogP contribution in [0.15, 0.2) is 48.5 Å². The van der Waals surface area contributed by atoms with Crippen LogP contribution < -0.4 is 5.32 Å². The minimum absolute atomic E-state index is 0.183. The van der Waals surface area contributed by atoms with Gasteiger partial charge in [0.15, 0.2) is 5.82 Å². The van der Waals surface area contributed by atoms with Gasteiger partial charge in [-0.2, -0.15) is 4.68 Å². The zero-order valence-corrected chi connectivity index (χ0v) is 13.2. The van der Waals surface area contributed by atoms with Crippen molar-refractivity contribution in [1.82, 2.24) is 25.5 Å². The smallest absolute Gasteiger partial charge is 0.251 e. The normalized spacial score (nSPS) is 10.5. The number of aryl methyl sites for hydroxylation is 1. The number of amides is 1. The van der Waals surface area contributed by atoms with E-state index < -0.39 is 0 Å². The molecule has 1 heterocycles. The molecule has 0 saturated heterocycles. The summed E-state index contributed by atoms with van der Waals surface area (Å²) in [6.45, 7) is 2.16. The summed E-state index contributed by atoms with van der Waals surface area (Å²) in [6.07, 6.45) is 0. The summed E-state index contributed by atoms with van der Waals surface area (Å²) in [5, 5.41) is 14.8. The van der Waals surface area contributed by atoms with E-state index >= 15 is 0 Å². The van der Waals surface area contributed by atoms with Crippen molar-refractivity contribution in [2.75, 3.05) is 0 Å². The Morgan fingerprint density at radius 1 is 1.22 bits per heavy atom. The van der Waals surface area contributed by atoms with E-state index in [1.807, 2.05) is 24.3 Å². The number of halogens is 1. The minimum atomic E-state index is -0.183. The van der Waals surface area contributed by atoms with Gasteiger partial charge in [0.05, 0.1) is 5.69 Å². The number of nitrogens with zero attached hydrogens (tertiary/aromatic N) is 4. The number of hydrogen-bond acceptors (Lipinski definition) is 4. The molecular formula is C16H14ClN5O. The summed E-state index contributed by atoms with van der Waals surface area (Å²) in [6, 6.07) is 14.5. The van der Waals surface area contributed by atoms with Crippen molar-refractivity contribution in [3.05, 3.63) is 70.5 Å². The van der Waals surface area contributed by atoms with Gasteiger partial charge in [-0.05, 0) is 47.2 Å². The zero-order chi connectivity index (χ0) is 16.2. The first-order valence-corrected chi connectivity index (χ1v) is 7.40. The molecule has 0 spiro atoms. The molecule has 1 amide bonds. The molecule has 7 heteroatoms. The number of benzene rings is 2. The van der Waals surface area contributed by atoms with Crippen LogP contribution in [-0.4, -0.2) is 26.1 Å². The van der Waals surface area contributed by atoms with E-state index in [9.17, 15) is 4.79 Å². The molecule has 0 radical (unpaired) electrons. The third-order valence-corrected chi connectivity index (χ3v) is 3.74. The third-order valence-electron chi connectivity index (χ3n) is 3.38. The van der Waals surface area contributed by atoms with Crippen LogP contribution >= 0.6 is 11.6 Å². The number of tetrazole rings is 1. The lowest BCUT2D eigenvalue weighted by atomic mass is 10.1. The molecule has 0 saturated carbocycles. The summed E-state index contributed by atoms with van der Waals surface area (Å²) >= 11 is 6.09. The van der Waals surface area contributed by atoms with Crippen molar-refractivity contribution in [2.45, 2.75) is 13.5 Å². The summed E-state index contributed by atoms with van der Waals surface area (Å²) in [4.78, 5) is 12.3. The van der Waals surface area contributed by atoms with E-state index in [1.165, 1.54) is 0 Å². The van der Waals surface area contributed by atoms with Gasteiger partial charge in [-0.3, -0.25) is 4.79 Å². The van der Waals surface area contributed by atoms with Crippen molar-refractivity contribution in [3.63, 3.8) is 0 Å². The van der Waals surface area contributed by atoms with Crippen molar-refractivity contribution in [2.24, 2.45) is 0 Å². The number of nitrogens with one attached hydrogen (secondary N) is 1. The molecule has 23 heavy (non-hydrogen) atoms. The van der Waals surface area contributed by atoms with Gasteiger partial charge < -0.3 is 5.32 Å². The fourth-order valence-corrected chi connectivity index (χ4v) is 2.37. The van der Waals surface area contributed by atoms with Crippen LogP contribution in [0, 0.1) is 6.92 Å². The highest BCUT2D eigenvalue weighted by atomic mass is 35.5. The monoisotopic (exact) mass is 327 g/mol. The van der Waals surface area contributed by atoms with Gasteiger partial charge >= 0.3 is 0 Å². The molecule has 0 aliphatic carbocycles. The average molecular weight is 328 g/mol. The molecule has 3 aromatic rings. The molecule has 0 fully saturated rings. The molecule has 3 rings (SSSR count). The Morgan fingerprint density at radius 2 is 2.04 bits per heavy atom. The van der Waals surface area contributed by atoms with Gasteiger partial charge in [0, 0.05) is 17.1 Å². The van der Waals surface area contributed by atoms with Gasteiger partial charge in [0.2, 0.25) is 0 Å². The van der Waals surface area contributed by atoms with Crippen molar-refractivity contribution < 1.29 is 4.79 Å². The average Bonchev–Trinajstić information content (AvgIpc) is 3.00. The Bertz CT molecular complexity index is 846. The Kier molecular flexibility index (Phi) is 4.34. The molecule has 1 N–H and O–H groups in total. The molecule has 0 aliphatic rings. The number of aromatic nitrogens is 4. The zero-order valence-electron chi connectivity index (χ0n) is 12.4. The maximum absolute atomic E-state index is 12.3. The van der Waals surface area contributed by atoms with Crippen molar-refractivity contribution >= 4 is 17.5 Å². The van der Waals surface area contributed by atoms with Gasteiger partial charge in [0.1, 0.15) is 0 Å². The van der Waals surface area contributed by atoms with E-state index in [0.717, 1.165) is 11.3 Å². The number of carbonyl (C=O) groups excluding carboxylic acids is 1. The predicted molar refractivity (Wildman–Crippen MR) is 86.5 cm³/mol. The lowest BCUT2D eigenvalue weighted by Crippen LogP contribution is -2.23. The standard InChI is InChI=1S/C16H14ClN5O/c1-11-19-20-21-22(11)14-7-4-6-12(9-14)16(23)18-10-13-5-2-3-8-15(13)17/h2-9H,10H2,1H3,(H,18,23). The lowest BCUT2D eigenvalue weighted by molar-refractivity contribution is 0.0951. The van der Waals surface area contributed by atoms with Crippen molar-refractivity contribution in [3.8, 4) is 5.69 Å². The van der Waals surface area contributed by atoms with Crippen LogP contribution in [0.3, 0.4) is 0 Å². The highest BCUT2D eigenvalue weighted by Gasteiger charge is 2.10. The molecule has 116 valence electrons. The Balaban J connectivity index is 1.76. The van der Waals surface area contributed by atoms with Crippen LogP contribution in [0.5, 0.6) is 0 Å². The maximum Gasteiger partial charge on any atom is 0.251 e. The topological polar surface area (TPSA) is 72.7 Å². The van der Waals surface area contributed by atoms with Gasteiger partial charge in [-0.1, -0.05) is 35.9 Å². The molecule has 0 aliphatic heterocycles. The Labute approximate surface area is 138 Å². The van der Waals surface area contributed by atoms with Gasteiger partial charge in [-0.15, -0.1) is 5.10 Å². The SMILES string of the molecule is Cc1nnnn1-c1cccc(C(=O)NCc2ccccc2Cl)c1. The van der Waals surface area contributed by atoms with Crippen LogP contribution in [0.4, 0.5) is 0 Å². The third kappa shape index (κ3) is 3.37. The maximum atomic E-state index is 12.3. The highest BCUT2D eigenvalue weighted by molar-refractivity contribution is 6.31. The number of hydrogen-bond donors (Lipinski definition) is 1. The van der Waals surface area contributed by atoms with E-state index in [0.29, 0.717) is 23.0 Å². The van der Waals surface area contributed by atoms with Crippen LogP contribution in [0.2, 0.25) is 5.02 Å². The minimum Gasteiger partial charge on any atom is -0.348 e. The van der Waals surface area contributed by atoms with Crippen molar-refractivity contribution in [1.29, 1.82) is 0 Å². The molecule has 0 bridgehead atoms. The summed E-state index contributed by atoms with van der Waals surface area (Å²) in [5.41, 5.74) is 2.14. The van der Waals surface area contributed by atoms with E-state index in [-0.39, 0.29) is 5.91 Å². The molecule has 0 atom stereocenters. The van der Waals surface area contributed by atoms with Gasteiger partial charge in [0.25, 0.3) is 5.91 Å². The van der Waals surface area contributed by atoms with E-state index in [1.54, 1.807) is 35.9 Å². The highest BCUT2D eigenvalue weighted by Crippen LogP contribution is 2.15. The fraction of sp³-hybridized carbons (Fsp3) is 0.125. The first kappa shape index (κ1) is 15.2. The first-order chi connectivity index (χ1) is 11.1. The fourth-order valence-electron chi connectivity index (χ4n) is 2.17. The summed E-state index contributed by atoms with van der Waals surface area (Å²) in [5.74, 6) is 0.469. The lowest BCUT2D eigenvalue weighted by Gasteiger charge is -2.08. The molecule has 6 nitrogen and oxygen atoms in total. The van der Waals surface area contributed by atoms with E-state index in [2.05, 4.69) is 20.8 Å². The molecule has 1 aromatic heterocycles. The molecule has 2 aromatic carbocycles. The number of rotatable bonds is 4. The Morgan fingerprint density at radius 3 is 2.78 bits per heavy atom. The summed E-state index contributed by atoms with van der Waals surface area (Å²) < 4.78 is 1.57. The second-order valence-corrected chi connectivity index (χ2v) is 5.37. The van der Waals surface area contributed by atoms with Crippen LogP contribution in [0.25, 0.3) is 5.69 Å². The van der Waals surface area contributed by atoms with E-state index in [4.69, 9.17) is 11.6 Å². The second kappa shape index (κ2) is 6.58. The van der Waals surface area contributed by atoms with Crippen LogP contribution in [-0.2, 0) is 6.54 Å². The summed E-state index contributed by atoms with van der Waals surface area (Å²) in [7, 11) is 0. The molecular weight excluding hydrogens is 314 g/mol. The van der Waals surface area contributed by atoms with Gasteiger partial charge in [-0.25, -0.2) is 0 Å². The quantitative estimate of drug-likeness (QED) is 0.799. The number of carbonyl (C=O) groups is 1. The predicted octanol–water partition coefficient (Wildman–Crippen LogP) is 2.55. The largest absolute Gasteiger partial charge is 0.348 e.